The van der Waals surface area contributed by atoms with E-state index in [2.05, 4.69) is 0 Å². The molecule has 1 aliphatic heterocycles. The third-order valence-electron chi connectivity index (χ3n) is 5.32. The highest BCUT2D eigenvalue weighted by molar-refractivity contribution is 5.68. The maximum atomic E-state index is 11.9. The third kappa shape index (κ3) is 3.84. The summed E-state index contributed by atoms with van der Waals surface area (Å²) in [6.45, 7) is 1.03. The van der Waals surface area contributed by atoms with Crippen LogP contribution in [0.4, 0.5) is 4.79 Å². The number of carbonyl (C=O) groups excluding carboxylic acids is 1. The van der Waals surface area contributed by atoms with Gasteiger partial charge in [0.25, 0.3) is 0 Å². The lowest BCUT2D eigenvalue weighted by Gasteiger charge is -2.23. The molecule has 0 radical (unpaired) electrons. The number of hydrogen-bond donors (Lipinski definition) is 1. The molecule has 1 saturated carbocycles. The zero-order valence-corrected chi connectivity index (χ0v) is 14.9. The molecule has 3 rings (SSSR count). The van der Waals surface area contributed by atoms with Gasteiger partial charge in [0.2, 0.25) is 0 Å². The molecule has 6 nitrogen and oxygen atoms in total. The van der Waals surface area contributed by atoms with Crippen molar-refractivity contribution in [3.63, 3.8) is 0 Å². The van der Waals surface area contributed by atoms with Crippen LogP contribution in [0.3, 0.4) is 0 Å². The predicted molar refractivity (Wildman–Crippen MR) is 93.2 cm³/mol. The van der Waals surface area contributed by atoms with Gasteiger partial charge < -0.3 is 24.2 Å². The van der Waals surface area contributed by atoms with Crippen LogP contribution in [0.1, 0.15) is 37.2 Å². The van der Waals surface area contributed by atoms with Gasteiger partial charge in [-0.1, -0.05) is 6.07 Å². The van der Waals surface area contributed by atoms with Crippen molar-refractivity contribution >= 4 is 6.09 Å². The normalized spacial score (nSPS) is 23.7. The maximum absolute atomic E-state index is 11.9. The average molecular weight is 349 g/mol. The maximum Gasteiger partial charge on any atom is 0.409 e. The minimum Gasteiger partial charge on any atom is -0.497 e. The van der Waals surface area contributed by atoms with Crippen molar-refractivity contribution in [3.05, 3.63) is 23.8 Å². The number of methoxy groups -OCH3 is 2. The Morgan fingerprint density at radius 2 is 2.00 bits per heavy atom. The van der Waals surface area contributed by atoms with E-state index in [1.807, 2.05) is 18.2 Å². The number of amides is 1. The Labute approximate surface area is 148 Å². The highest BCUT2D eigenvalue weighted by Gasteiger charge is 2.38. The largest absolute Gasteiger partial charge is 0.497 e. The number of carbonyl (C=O) groups is 1. The average Bonchev–Trinajstić information content (AvgIpc) is 3.30. The zero-order valence-electron chi connectivity index (χ0n) is 14.9. The number of hydrogen-bond acceptors (Lipinski definition) is 5. The van der Waals surface area contributed by atoms with E-state index >= 15 is 0 Å². The number of aliphatic hydroxyl groups is 1. The molecule has 1 amide bonds. The van der Waals surface area contributed by atoms with E-state index in [4.69, 9.17) is 14.2 Å². The Morgan fingerprint density at radius 3 is 2.64 bits per heavy atom. The van der Waals surface area contributed by atoms with Crippen molar-refractivity contribution < 1.29 is 24.1 Å². The van der Waals surface area contributed by atoms with E-state index < -0.39 is 0 Å². The second kappa shape index (κ2) is 7.95. The van der Waals surface area contributed by atoms with Gasteiger partial charge in [-0.3, -0.25) is 0 Å². The van der Waals surface area contributed by atoms with Gasteiger partial charge in [-0.25, -0.2) is 4.79 Å². The Balaban J connectivity index is 1.87. The molecule has 2 fully saturated rings. The van der Waals surface area contributed by atoms with Crippen LogP contribution in [-0.4, -0.2) is 56.1 Å². The molecule has 2 atom stereocenters. The van der Waals surface area contributed by atoms with E-state index in [0.717, 1.165) is 29.9 Å². The summed E-state index contributed by atoms with van der Waals surface area (Å²) < 4.78 is 16.5. The van der Waals surface area contributed by atoms with Crippen LogP contribution in [0, 0.1) is 5.92 Å². The summed E-state index contributed by atoms with van der Waals surface area (Å²) in [5, 5.41) is 9.80. The van der Waals surface area contributed by atoms with E-state index in [9.17, 15) is 9.90 Å². The fourth-order valence-electron chi connectivity index (χ4n) is 3.92. The van der Waals surface area contributed by atoms with E-state index in [0.29, 0.717) is 13.1 Å². The van der Waals surface area contributed by atoms with Gasteiger partial charge in [0.1, 0.15) is 11.5 Å². The molecule has 6 heteroatoms. The molecule has 138 valence electrons. The second-order valence-corrected chi connectivity index (χ2v) is 6.85. The van der Waals surface area contributed by atoms with Gasteiger partial charge in [0.15, 0.2) is 0 Å². The van der Waals surface area contributed by atoms with Crippen LogP contribution in [0.15, 0.2) is 18.2 Å². The lowest BCUT2D eigenvalue weighted by Crippen LogP contribution is -2.28. The van der Waals surface area contributed by atoms with Crippen molar-refractivity contribution in [2.24, 2.45) is 5.92 Å². The molecule has 0 bridgehead atoms. The summed E-state index contributed by atoms with van der Waals surface area (Å²) >= 11 is 0. The minimum atomic E-state index is -0.354. The summed E-state index contributed by atoms with van der Waals surface area (Å²) in [5.41, 5.74) is 1.03. The number of rotatable bonds is 5. The predicted octanol–water partition coefficient (Wildman–Crippen LogP) is 2.79. The van der Waals surface area contributed by atoms with Crippen LogP contribution >= 0.6 is 0 Å². The Morgan fingerprint density at radius 1 is 1.24 bits per heavy atom. The smallest absolute Gasteiger partial charge is 0.409 e. The molecule has 2 aliphatic rings. The first-order valence-electron chi connectivity index (χ1n) is 8.94. The number of benzene rings is 1. The molecule has 0 spiro atoms. The van der Waals surface area contributed by atoms with Crippen LogP contribution in [0.25, 0.3) is 0 Å². The van der Waals surface area contributed by atoms with Gasteiger partial charge in [-0.2, -0.15) is 0 Å². The zero-order chi connectivity index (χ0) is 17.8. The van der Waals surface area contributed by atoms with Gasteiger partial charge in [0, 0.05) is 37.6 Å². The van der Waals surface area contributed by atoms with Gasteiger partial charge in [-0.05, 0) is 37.3 Å². The summed E-state index contributed by atoms with van der Waals surface area (Å²) in [4.78, 5) is 13.5. The van der Waals surface area contributed by atoms with Crippen molar-refractivity contribution in [2.45, 2.75) is 37.7 Å². The van der Waals surface area contributed by atoms with Crippen LogP contribution in [0.2, 0.25) is 0 Å². The fourth-order valence-corrected chi connectivity index (χ4v) is 3.92. The molecule has 1 N–H and O–H groups in total. The molecule has 1 aromatic carbocycles. The Bertz CT molecular complexity index is 599. The summed E-state index contributed by atoms with van der Waals surface area (Å²) in [6.07, 6.45) is 4.41. The molecule has 1 aliphatic carbocycles. The molecule has 1 aromatic rings. The highest BCUT2D eigenvalue weighted by Crippen LogP contribution is 2.40. The quantitative estimate of drug-likeness (QED) is 0.885. The summed E-state index contributed by atoms with van der Waals surface area (Å²) in [7, 11) is 3.02. The van der Waals surface area contributed by atoms with Gasteiger partial charge in [0.05, 0.1) is 20.3 Å². The first-order valence-corrected chi connectivity index (χ1v) is 8.94. The second-order valence-electron chi connectivity index (χ2n) is 6.85. The van der Waals surface area contributed by atoms with Crippen LogP contribution in [-0.2, 0) is 4.74 Å². The topological polar surface area (TPSA) is 68.2 Å². The lowest BCUT2D eigenvalue weighted by atomic mass is 9.88. The molecule has 1 heterocycles. The first-order chi connectivity index (χ1) is 12.2. The van der Waals surface area contributed by atoms with Crippen molar-refractivity contribution in [3.8, 4) is 11.5 Å². The molecule has 25 heavy (non-hydrogen) atoms. The Kier molecular flexibility index (Phi) is 5.68. The molecule has 0 aromatic heterocycles. The number of aliphatic hydroxyl groups excluding tert-OH is 1. The van der Waals surface area contributed by atoms with Crippen molar-refractivity contribution in [1.29, 1.82) is 0 Å². The number of nitrogens with zero attached hydrogens (tertiary/aromatic N) is 1. The SMILES string of the molecule is COC(=O)N1C[C@H](CO)[C@@H](c2ccc(OC)cc2OC2CCCC2)C1. The standard InChI is InChI=1S/C19H27NO5/c1-23-15-7-8-16(18(9-15)25-14-5-3-4-6-14)17-11-20(19(22)24-2)10-13(17)12-21/h7-9,13-14,17,21H,3-6,10-12H2,1-2H3/t13-,17+/m1/s1. The molecular formula is C19H27NO5. The van der Waals surface area contributed by atoms with E-state index in [-0.39, 0.29) is 30.6 Å². The monoisotopic (exact) mass is 349 g/mol. The molecule has 1 saturated heterocycles. The fraction of sp³-hybridized carbons (Fsp3) is 0.632. The molecule has 0 unspecified atom stereocenters. The summed E-state index contributed by atoms with van der Waals surface area (Å²) in [6, 6.07) is 5.83. The van der Waals surface area contributed by atoms with Gasteiger partial charge in [-0.15, -0.1) is 0 Å². The third-order valence-corrected chi connectivity index (χ3v) is 5.32. The molecular weight excluding hydrogens is 322 g/mol. The number of ether oxygens (including phenoxy) is 3. The van der Waals surface area contributed by atoms with Crippen molar-refractivity contribution in [2.75, 3.05) is 33.9 Å². The summed E-state index contributed by atoms with van der Waals surface area (Å²) in [5.74, 6) is 1.55. The van der Waals surface area contributed by atoms with E-state index in [1.54, 1.807) is 12.0 Å². The highest BCUT2D eigenvalue weighted by atomic mass is 16.5. The minimum absolute atomic E-state index is 0.0198. The lowest BCUT2D eigenvalue weighted by molar-refractivity contribution is 0.129. The van der Waals surface area contributed by atoms with Gasteiger partial charge >= 0.3 is 6.09 Å². The first kappa shape index (κ1) is 17.9. The number of likely N-dealkylation sites (tertiary alicyclic amines) is 1. The van der Waals surface area contributed by atoms with Crippen molar-refractivity contribution in [1.82, 2.24) is 4.90 Å². The van der Waals surface area contributed by atoms with Crippen LogP contribution < -0.4 is 9.47 Å². The van der Waals surface area contributed by atoms with E-state index in [1.165, 1.54) is 20.0 Å². The van der Waals surface area contributed by atoms with Crippen LogP contribution in [0.5, 0.6) is 11.5 Å². The Hall–Kier alpha value is -1.95.